The summed E-state index contributed by atoms with van der Waals surface area (Å²) in [5.74, 6) is 1.94. The smallest absolute Gasteiger partial charge is 0.164 e. The topological polar surface area (TPSA) is 51.8 Å². The molecule has 9 aromatic rings. The molecule has 0 spiro atoms. The molecule has 0 N–H and O–H groups in total. The van der Waals surface area contributed by atoms with Crippen molar-refractivity contribution in [2.24, 2.45) is 0 Å². The van der Waals surface area contributed by atoms with Crippen molar-refractivity contribution in [1.29, 1.82) is 0 Å². The molecule has 0 saturated heterocycles. The van der Waals surface area contributed by atoms with Crippen molar-refractivity contribution in [3.05, 3.63) is 152 Å². The van der Waals surface area contributed by atoms with Gasteiger partial charge in [-0.1, -0.05) is 133 Å². The van der Waals surface area contributed by atoms with Gasteiger partial charge in [-0.15, -0.1) is 0 Å². The van der Waals surface area contributed by atoms with Gasteiger partial charge in [-0.3, -0.25) is 0 Å². The Balaban J connectivity index is 1.18. The van der Waals surface area contributed by atoms with E-state index in [4.69, 9.17) is 19.4 Å². The van der Waals surface area contributed by atoms with Gasteiger partial charge < -0.3 is 4.42 Å². The Bertz CT molecular complexity index is 2530. The summed E-state index contributed by atoms with van der Waals surface area (Å²) in [5, 5.41) is 6.87. The second-order valence-electron chi connectivity index (χ2n) is 11.3. The van der Waals surface area contributed by atoms with Crippen LogP contribution in [0.5, 0.6) is 0 Å². The summed E-state index contributed by atoms with van der Waals surface area (Å²) < 4.78 is 6.33. The summed E-state index contributed by atoms with van der Waals surface area (Å²) in [6, 6.07) is 52.2. The van der Waals surface area contributed by atoms with Gasteiger partial charge in [-0.25, -0.2) is 15.0 Å². The molecule has 0 unspecified atom stereocenters. The van der Waals surface area contributed by atoms with Gasteiger partial charge in [0, 0.05) is 27.5 Å². The predicted octanol–water partition coefficient (Wildman–Crippen LogP) is 10.7. The summed E-state index contributed by atoms with van der Waals surface area (Å²) in [4.78, 5) is 14.9. The monoisotopic (exact) mass is 575 g/mol. The minimum atomic E-state index is 0.636. The maximum atomic E-state index is 6.33. The summed E-state index contributed by atoms with van der Waals surface area (Å²) in [6.45, 7) is 0. The van der Waals surface area contributed by atoms with Crippen LogP contribution in [0.1, 0.15) is 0 Å². The molecule has 0 aliphatic rings. The van der Waals surface area contributed by atoms with Crippen molar-refractivity contribution in [3.63, 3.8) is 0 Å². The maximum Gasteiger partial charge on any atom is 0.164 e. The third-order valence-corrected chi connectivity index (χ3v) is 8.52. The van der Waals surface area contributed by atoms with Gasteiger partial charge in [0.15, 0.2) is 17.5 Å². The number of furan rings is 1. The lowest BCUT2D eigenvalue weighted by molar-refractivity contribution is 0.669. The highest BCUT2D eigenvalue weighted by Crippen LogP contribution is 2.39. The molecule has 4 nitrogen and oxygen atoms in total. The van der Waals surface area contributed by atoms with Crippen LogP contribution in [0.25, 0.3) is 88.8 Å². The fourth-order valence-corrected chi connectivity index (χ4v) is 6.31. The van der Waals surface area contributed by atoms with E-state index in [1.54, 1.807) is 0 Å². The number of benzene rings is 7. The largest absolute Gasteiger partial charge is 0.456 e. The Morgan fingerprint density at radius 3 is 1.73 bits per heavy atom. The summed E-state index contributed by atoms with van der Waals surface area (Å²) in [7, 11) is 0. The van der Waals surface area contributed by atoms with E-state index < -0.39 is 0 Å². The van der Waals surface area contributed by atoms with E-state index in [0.29, 0.717) is 17.5 Å². The first-order valence-corrected chi connectivity index (χ1v) is 15.0. The Hall–Kier alpha value is -6.13. The molecule has 9 rings (SSSR count). The van der Waals surface area contributed by atoms with E-state index in [9.17, 15) is 0 Å². The number of hydrogen-bond acceptors (Lipinski definition) is 4. The first-order valence-electron chi connectivity index (χ1n) is 15.0. The molecule has 0 aliphatic heterocycles. The Morgan fingerprint density at radius 2 is 0.933 bits per heavy atom. The minimum Gasteiger partial charge on any atom is -0.456 e. The molecule has 45 heavy (non-hydrogen) atoms. The van der Waals surface area contributed by atoms with E-state index in [-0.39, 0.29) is 0 Å². The zero-order valence-corrected chi connectivity index (χ0v) is 24.2. The molecule has 2 heterocycles. The summed E-state index contributed by atoms with van der Waals surface area (Å²) in [5.41, 5.74) is 6.87. The lowest BCUT2D eigenvalue weighted by Gasteiger charge is -2.11. The maximum absolute atomic E-state index is 6.33. The van der Waals surface area contributed by atoms with Gasteiger partial charge in [0.25, 0.3) is 0 Å². The van der Waals surface area contributed by atoms with E-state index in [2.05, 4.69) is 115 Å². The third-order valence-electron chi connectivity index (χ3n) is 8.52. The molecule has 0 radical (unpaired) electrons. The van der Waals surface area contributed by atoms with Crippen molar-refractivity contribution in [2.45, 2.75) is 0 Å². The van der Waals surface area contributed by atoms with Gasteiger partial charge in [-0.2, -0.15) is 0 Å². The van der Waals surface area contributed by atoms with Gasteiger partial charge >= 0.3 is 0 Å². The normalized spacial score (nSPS) is 11.6. The summed E-state index contributed by atoms with van der Waals surface area (Å²) in [6.07, 6.45) is 0. The van der Waals surface area contributed by atoms with Crippen molar-refractivity contribution in [2.75, 3.05) is 0 Å². The van der Waals surface area contributed by atoms with E-state index in [1.807, 2.05) is 36.4 Å². The molecule has 0 aliphatic carbocycles. The standard InChI is InChI=1S/C41H25N3O/c1-2-11-28(12-3-1)39-42-40(44-41(43-39)34-18-8-15-26-10-6-7-16-32(26)34)29-22-20-27(21-23-29)33-17-9-19-36-38(33)35-24-30-13-4-5-14-31(30)25-37(35)45-36/h1-25H. The molecule has 2 aromatic heterocycles. The Labute approximate surface area is 259 Å². The first-order chi connectivity index (χ1) is 22.3. The first kappa shape index (κ1) is 25.4. The van der Waals surface area contributed by atoms with Crippen LogP contribution in [0.15, 0.2) is 156 Å². The van der Waals surface area contributed by atoms with E-state index in [1.165, 1.54) is 10.8 Å². The minimum absolute atomic E-state index is 0.636. The molecule has 0 atom stereocenters. The molecule has 7 aromatic carbocycles. The van der Waals surface area contributed by atoms with Crippen molar-refractivity contribution in [3.8, 4) is 45.3 Å². The number of aromatic nitrogens is 3. The zero-order valence-electron chi connectivity index (χ0n) is 24.2. The molecule has 0 fully saturated rings. The highest BCUT2D eigenvalue weighted by molar-refractivity contribution is 6.15. The SMILES string of the molecule is c1ccc(-c2nc(-c3ccc(-c4cccc5oc6cc7ccccc7cc6c45)cc3)nc(-c3cccc4ccccc34)n2)cc1. The zero-order chi connectivity index (χ0) is 29.7. The van der Waals surface area contributed by atoms with Gasteiger partial charge in [-0.05, 0) is 50.9 Å². The Kier molecular flexibility index (Phi) is 5.78. The average Bonchev–Trinajstić information content (AvgIpc) is 3.48. The molecule has 0 amide bonds. The highest BCUT2D eigenvalue weighted by atomic mass is 16.3. The molecule has 0 bridgehead atoms. The van der Waals surface area contributed by atoms with Crippen LogP contribution in [0, 0.1) is 0 Å². The van der Waals surface area contributed by atoms with Crippen LogP contribution in [0.3, 0.4) is 0 Å². The second kappa shape index (κ2) is 10.2. The number of fused-ring (bicyclic) bond motifs is 5. The number of hydrogen-bond donors (Lipinski definition) is 0. The highest BCUT2D eigenvalue weighted by Gasteiger charge is 2.16. The van der Waals surface area contributed by atoms with Crippen molar-refractivity contribution < 1.29 is 4.42 Å². The average molecular weight is 576 g/mol. The van der Waals surface area contributed by atoms with Crippen LogP contribution in [-0.2, 0) is 0 Å². The fourth-order valence-electron chi connectivity index (χ4n) is 6.31. The lowest BCUT2D eigenvalue weighted by Crippen LogP contribution is -2.00. The number of rotatable bonds is 4. The van der Waals surface area contributed by atoms with Crippen molar-refractivity contribution >= 4 is 43.5 Å². The van der Waals surface area contributed by atoms with Gasteiger partial charge in [0.1, 0.15) is 11.2 Å². The molecular weight excluding hydrogens is 550 g/mol. The molecular formula is C41H25N3O. The van der Waals surface area contributed by atoms with Gasteiger partial charge in [0.2, 0.25) is 0 Å². The van der Waals surface area contributed by atoms with Crippen LogP contribution < -0.4 is 0 Å². The van der Waals surface area contributed by atoms with Crippen LogP contribution in [-0.4, -0.2) is 15.0 Å². The third kappa shape index (κ3) is 4.35. The van der Waals surface area contributed by atoms with E-state index >= 15 is 0 Å². The Morgan fingerprint density at radius 1 is 0.356 bits per heavy atom. The second-order valence-corrected chi connectivity index (χ2v) is 11.3. The summed E-state index contributed by atoms with van der Waals surface area (Å²) >= 11 is 0. The molecule has 4 heteroatoms. The predicted molar refractivity (Wildman–Crippen MR) is 184 cm³/mol. The van der Waals surface area contributed by atoms with Gasteiger partial charge in [0.05, 0.1) is 0 Å². The van der Waals surface area contributed by atoms with E-state index in [0.717, 1.165) is 60.5 Å². The number of nitrogens with zero attached hydrogens (tertiary/aromatic N) is 3. The fraction of sp³-hybridized carbons (Fsp3) is 0. The lowest BCUT2D eigenvalue weighted by atomic mass is 9.97. The quantitative estimate of drug-likeness (QED) is 0.209. The van der Waals surface area contributed by atoms with Crippen molar-refractivity contribution in [1.82, 2.24) is 15.0 Å². The van der Waals surface area contributed by atoms with Crippen LogP contribution in [0.2, 0.25) is 0 Å². The van der Waals surface area contributed by atoms with Crippen LogP contribution in [0.4, 0.5) is 0 Å². The van der Waals surface area contributed by atoms with Crippen LogP contribution >= 0.6 is 0 Å². The molecule has 0 saturated carbocycles. The molecule has 210 valence electrons.